The van der Waals surface area contributed by atoms with Crippen LogP contribution in [0.5, 0.6) is 0 Å². The maximum atomic E-state index is 13.3. The standard InChI is InChI=1S/C13H9F5O4/c1-5(2)13(20)22-4-7(19)21-3-6-8(14)10(16)12(18)11(17)9(6)15/h1,3-4H2,2H3. The van der Waals surface area contributed by atoms with Gasteiger partial charge in [-0.2, -0.15) is 0 Å². The molecule has 1 rings (SSSR count). The highest BCUT2D eigenvalue weighted by Gasteiger charge is 2.26. The van der Waals surface area contributed by atoms with E-state index in [0.717, 1.165) is 0 Å². The molecule has 0 atom stereocenters. The summed E-state index contributed by atoms with van der Waals surface area (Å²) in [6, 6.07) is 0. The van der Waals surface area contributed by atoms with E-state index in [0.29, 0.717) is 0 Å². The highest BCUT2D eigenvalue weighted by atomic mass is 19.2. The number of esters is 2. The first-order valence-corrected chi connectivity index (χ1v) is 5.65. The minimum atomic E-state index is -2.32. The first-order valence-electron chi connectivity index (χ1n) is 5.65. The van der Waals surface area contributed by atoms with Crippen molar-refractivity contribution < 1.29 is 41.0 Å². The molecule has 120 valence electrons. The summed E-state index contributed by atoms with van der Waals surface area (Å²) in [7, 11) is 0. The van der Waals surface area contributed by atoms with Crippen LogP contribution in [0.15, 0.2) is 12.2 Å². The third-order valence-corrected chi connectivity index (χ3v) is 2.35. The Morgan fingerprint density at radius 2 is 1.36 bits per heavy atom. The molecule has 0 bridgehead atoms. The lowest BCUT2D eigenvalue weighted by Crippen LogP contribution is -2.18. The van der Waals surface area contributed by atoms with Gasteiger partial charge in [-0.3, -0.25) is 0 Å². The monoisotopic (exact) mass is 324 g/mol. The highest BCUT2D eigenvalue weighted by Crippen LogP contribution is 2.23. The zero-order chi connectivity index (χ0) is 17.0. The lowest BCUT2D eigenvalue weighted by Gasteiger charge is -2.09. The Hall–Kier alpha value is -2.45. The van der Waals surface area contributed by atoms with Gasteiger partial charge in [-0.15, -0.1) is 0 Å². The lowest BCUT2D eigenvalue weighted by atomic mass is 10.2. The summed E-state index contributed by atoms with van der Waals surface area (Å²) in [5.41, 5.74) is -1.32. The van der Waals surface area contributed by atoms with E-state index in [-0.39, 0.29) is 5.57 Å². The van der Waals surface area contributed by atoms with Crippen molar-refractivity contribution in [2.45, 2.75) is 13.5 Å². The number of hydrogen-bond donors (Lipinski definition) is 0. The molecular weight excluding hydrogens is 315 g/mol. The predicted octanol–water partition coefficient (Wildman–Crippen LogP) is 2.54. The SMILES string of the molecule is C=C(C)C(=O)OCC(=O)OCc1c(F)c(F)c(F)c(F)c1F. The fraction of sp³-hybridized carbons (Fsp3) is 0.231. The second-order valence-corrected chi connectivity index (χ2v) is 4.07. The van der Waals surface area contributed by atoms with E-state index in [1.54, 1.807) is 0 Å². The molecule has 0 aromatic heterocycles. The van der Waals surface area contributed by atoms with E-state index in [2.05, 4.69) is 16.1 Å². The number of benzene rings is 1. The van der Waals surface area contributed by atoms with Crippen molar-refractivity contribution in [1.82, 2.24) is 0 Å². The van der Waals surface area contributed by atoms with E-state index in [4.69, 9.17) is 0 Å². The van der Waals surface area contributed by atoms with E-state index in [1.807, 2.05) is 0 Å². The van der Waals surface area contributed by atoms with Gasteiger partial charge in [0, 0.05) is 5.57 Å². The van der Waals surface area contributed by atoms with Gasteiger partial charge in [0.05, 0.1) is 5.56 Å². The molecule has 9 heteroatoms. The molecule has 0 spiro atoms. The van der Waals surface area contributed by atoms with Crippen LogP contribution in [0.4, 0.5) is 22.0 Å². The summed E-state index contributed by atoms with van der Waals surface area (Å²) in [5.74, 6) is -13.0. The van der Waals surface area contributed by atoms with Gasteiger partial charge in [0.25, 0.3) is 0 Å². The fourth-order valence-corrected chi connectivity index (χ4v) is 1.22. The average molecular weight is 324 g/mol. The average Bonchev–Trinajstić information content (AvgIpc) is 2.48. The van der Waals surface area contributed by atoms with Crippen LogP contribution in [-0.4, -0.2) is 18.5 Å². The lowest BCUT2D eigenvalue weighted by molar-refractivity contribution is -0.157. The topological polar surface area (TPSA) is 52.6 Å². The maximum Gasteiger partial charge on any atom is 0.344 e. The Morgan fingerprint density at radius 3 is 1.82 bits per heavy atom. The number of ether oxygens (including phenoxy) is 2. The molecule has 0 saturated carbocycles. The first-order chi connectivity index (χ1) is 10.2. The Labute approximate surface area is 121 Å². The third-order valence-electron chi connectivity index (χ3n) is 2.35. The molecule has 0 unspecified atom stereocenters. The molecule has 1 aromatic carbocycles. The minimum absolute atomic E-state index is 0.00688. The van der Waals surface area contributed by atoms with Crippen molar-refractivity contribution in [3.8, 4) is 0 Å². The van der Waals surface area contributed by atoms with E-state index in [9.17, 15) is 31.5 Å². The molecule has 0 N–H and O–H groups in total. The molecule has 4 nitrogen and oxygen atoms in total. The van der Waals surface area contributed by atoms with Crippen LogP contribution in [-0.2, 0) is 25.7 Å². The molecule has 0 saturated heterocycles. The quantitative estimate of drug-likeness (QED) is 0.275. The Kier molecular flexibility index (Phi) is 5.61. The van der Waals surface area contributed by atoms with Crippen LogP contribution in [0, 0.1) is 29.1 Å². The Balaban J connectivity index is 2.75. The van der Waals surface area contributed by atoms with Crippen LogP contribution in [0.1, 0.15) is 12.5 Å². The molecule has 1 aromatic rings. The van der Waals surface area contributed by atoms with Crippen molar-refractivity contribution in [3.05, 3.63) is 46.8 Å². The van der Waals surface area contributed by atoms with Crippen LogP contribution < -0.4 is 0 Å². The fourth-order valence-electron chi connectivity index (χ4n) is 1.22. The summed E-state index contributed by atoms with van der Waals surface area (Å²) in [4.78, 5) is 22.1. The van der Waals surface area contributed by atoms with E-state index < -0.39 is 59.8 Å². The van der Waals surface area contributed by atoms with Crippen LogP contribution >= 0.6 is 0 Å². The van der Waals surface area contributed by atoms with E-state index >= 15 is 0 Å². The van der Waals surface area contributed by atoms with Crippen molar-refractivity contribution in [1.29, 1.82) is 0 Å². The van der Waals surface area contributed by atoms with Crippen LogP contribution in [0.3, 0.4) is 0 Å². The molecule has 0 fully saturated rings. The molecule has 0 radical (unpaired) electrons. The van der Waals surface area contributed by atoms with Gasteiger partial charge in [0.1, 0.15) is 6.61 Å². The maximum absolute atomic E-state index is 13.3. The van der Waals surface area contributed by atoms with Crippen molar-refractivity contribution in [2.75, 3.05) is 6.61 Å². The number of carbonyl (C=O) groups is 2. The highest BCUT2D eigenvalue weighted by molar-refractivity contribution is 5.88. The van der Waals surface area contributed by atoms with Gasteiger partial charge in [0.2, 0.25) is 5.82 Å². The summed E-state index contributed by atoms with van der Waals surface area (Å²) in [6.45, 7) is 2.43. The van der Waals surface area contributed by atoms with Gasteiger partial charge in [-0.1, -0.05) is 6.58 Å². The van der Waals surface area contributed by atoms with Gasteiger partial charge in [0.15, 0.2) is 29.9 Å². The summed E-state index contributed by atoms with van der Waals surface area (Å²) >= 11 is 0. The summed E-state index contributed by atoms with van der Waals surface area (Å²) in [5, 5.41) is 0. The van der Waals surface area contributed by atoms with Gasteiger partial charge in [-0.25, -0.2) is 31.5 Å². The third kappa shape index (κ3) is 3.80. The Morgan fingerprint density at radius 1 is 0.909 bits per heavy atom. The smallest absolute Gasteiger partial charge is 0.344 e. The van der Waals surface area contributed by atoms with Crippen molar-refractivity contribution >= 4 is 11.9 Å². The molecule has 0 aliphatic rings. The minimum Gasteiger partial charge on any atom is -0.458 e. The molecule has 0 heterocycles. The van der Waals surface area contributed by atoms with Crippen molar-refractivity contribution in [3.63, 3.8) is 0 Å². The number of hydrogen-bond acceptors (Lipinski definition) is 4. The summed E-state index contributed by atoms with van der Waals surface area (Å²) in [6.07, 6.45) is 0. The Bertz CT molecular complexity index is 613. The van der Waals surface area contributed by atoms with E-state index in [1.165, 1.54) is 6.92 Å². The molecule has 0 aliphatic heterocycles. The van der Waals surface area contributed by atoms with Crippen LogP contribution in [0.2, 0.25) is 0 Å². The zero-order valence-corrected chi connectivity index (χ0v) is 11.1. The molecule has 0 amide bonds. The van der Waals surface area contributed by atoms with Crippen molar-refractivity contribution in [2.24, 2.45) is 0 Å². The number of rotatable bonds is 5. The largest absolute Gasteiger partial charge is 0.458 e. The zero-order valence-electron chi connectivity index (χ0n) is 11.1. The number of halogens is 5. The molecule has 0 aliphatic carbocycles. The van der Waals surface area contributed by atoms with Gasteiger partial charge < -0.3 is 9.47 Å². The van der Waals surface area contributed by atoms with Crippen LogP contribution in [0.25, 0.3) is 0 Å². The van der Waals surface area contributed by atoms with Gasteiger partial charge in [-0.05, 0) is 6.92 Å². The van der Waals surface area contributed by atoms with Gasteiger partial charge >= 0.3 is 11.9 Å². The predicted molar refractivity (Wildman–Crippen MR) is 61.8 cm³/mol. The summed E-state index contributed by atoms with van der Waals surface area (Å²) < 4.78 is 73.7. The molecular formula is C13H9F5O4. The second kappa shape index (κ2) is 7.01. The second-order valence-electron chi connectivity index (χ2n) is 4.07. The normalized spacial score (nSPS) is 10.3. The molecule has 22 heavy (non-hydrogen) atoms. The number of carbonyl (C=O) groups excluding carboxylic acids is 2. The first kappa shape index (κ1) is 17.6.